The van der Waals surface area contributed by atoms with Crippen LogP contribution >= 0.6 is 11.3 Å². The zero-order chi connectivity index (χ0) is 22.3. The van der Waals surface area contributed by atoms with Gasteiger partial charge in [-0.05, 0) is 63.3 Å². The van der Waals surface area contributed by atoms with Crippen molar-refractivity contribution in [1.82, 2.24) is 15.1 Å². The number of likely N-dealkylation sites (tertiary alicyclic amines) is 1. The molecule has 1 N–H and O–H groups in total. The summed E-state index contributed by atoms with van der Waals surface area (Å²) in [6.07, 6.45) is 1.34. The average Bonchev–Trinajstić information content (AvgIpc) is 3.35. The Labute approximate surface area is 185 Å². The third-order valence-corrected chi connectivity index (χ3v) is 6.54. The normalized spacial score (nSPS) is 17.1. The molecule has 0 radical (unpaired) electrons. The molecule has 0 aliphatic carbocycles. The first kappa shape index (κ1) is 21.2. The minimum absolute atomic E-state index is 0.0261. The summed E-state index contributed by atoms with van der Waals surface area (Å²) in [4.78, 5) is 54.3. The predicted octanol–water partition coefficient (Wildman–Crippen LogP) is 3.18. The number of nitrogens with one attached hydrogen (secondary N) is 1. The van der Waals surface area contributed by atoms with Crippen LogP contribution in [0.5, 0.6) is 0 Å². The molecule has 3 heterocycles. The van der Waals surface area contributed by atoms with Crippen molar-refractivity contribution in [2.45, 2.75) is 45.2 Å². The number of carbonyl (C=O) groups excluding carboxylic acids is 4. The van der Waals surface area contributed by atoms with E-state index in [1.807, 2.05) is 32.2 Å². The van der Waals surface area contributed by atoms with Gasteiger partial charge in [0, 0.05) is 30.2 Å². The molecule has 1 aromatic heterocycles. The van der Waals surface area contributed by atoms with Gasteiger partial charge in [0.15, 0.2) is 0 Å². The topological polar surface area (TPSA) is 86.8 Å². The molecule has 2 aliphatic heterocycles. The van der Waals surface area contributed by atoms with E-state index in [-0.39, 0.29) is 35.2 Å². The number of hydrogen-bond acceptors (Lipinski definition) is 5. The van der Waals surface area contributed by atoms with E-state index in [2.05, 4.69) is 5.32 Å². The molecule has 0 spiro atoms. The summed E-state index contributed by atoms with van der Waals surface area (Å²) >= 11 is 1.40. The SMILES string of the molecule is CC(C)(C)N1C(=O)c2ccc(C(=O)N3CCC(NC(=O)c4cccs4)CC3)cc2C1=O. The highest BCUT2D eigenvalue weighted by Gasteiger charge is 2.42. The maximum Gasteiger partial charge on any atom is 0.262 e. The molecule has 0 bridgehead atoms. The Morgan fingerprint density at radius 1 is 1.03 bits per heavy atom. The Kier molecular flexibility index (Phi) is 5.43. The second-order valence-electron chi connectivity index (χ2n) is 8.89. The van der Waals surface area contributed by atoms with Crippen molar-refractivity contribution in [3.8, 4) is 0 Å². The van der Waals surface area contributed by atoms with Gasteiger partial charge in [0.05, 0.1) is 16.0 Å². The summed E-state index contributed by atoms with van der Waals surface area (Å²) in [6, 6.07) is 8.38. The highest BCUT2D eigenvalue weighted by molar-refractivity contribution is 7.12. The van der Waals surface area contributed by atoms with Crippen molar-refractivity contribution in [2.75, 3.05) is 13.1 Å². The number of imide groups is 1. The van der Waals surface area contributed by atoms with Gasteiger partial charge in [-0.1, -0.05) is 6.07 Å². The maximum atomic E-state index is 13.0. The van der Waals surface area contributed by atoms with Crippen LogP contribution in [0.1, 0.15) is 74.4 Å². The molecule has 162 valence electrons. The fraction of sp³-hybridized carbons (Fsp3) is 0.391. The van der Waals surface area contributed by atoms with E-state index in [0.717, 1.165) is 0 Å². The molecule has 7 nitrogen and oxygen atoms in total. The quantitative estimate of drug-likeness (QED) is 0.745. The summed E-state index contributed by atoms with van der Waals surface area (Å²) in [6.45, 7) is 6.46. The minimum atomic E-state index is -0.632. The van der Waals surface area contributed by atoms with Gasteiger partial charge in [-0.15, -0.1) is 11.3 Å². The monoisotopic (exact) mass is 439 g/mol. The largest absolute Gasteiger partial charge is 0.348 e. The van der Waals surface area contributed by atoms with Crippen molar-refractivity contribution in [1.29, 1.82) is 0 Å². The Morgan fingerprint density at radius 3 is 2.32 bits per heavy atom. The number of nitrogens with zero attached hydrogens (tertiary/aromatic N) is 2. The molecule has 0 unspecified atom stereocenters. The molecular weight excluding hydrogens is 414 g/mol. The van der Waals surface area contributed by atoms with Gasteiger partial charge in [-0.25, -0.2) is 0 Å². The van der Waals surface area contributed by atoms with Crippen LogP contribution in [0.15, 0.2) is 35.7 Å². The Balaban J connectivity index is 1.42. The number of carbonyl (C=O) groups is 4. The van der Waals surface area contributed by atoms with Crippen molar-refractivity contribution in [2.24, 2.45) is 0 Å². The van der Waals surface area contributed by atoms with Crippen LogP contribution in [0, 0.1) is 0 Å². The predicted molar refractivity (Wildman–Crippen MR) is 117 cm³/mol. The first-order chi connectivity index (χ1) is 14.7. The molecule has 1 aromatic carbocycles. The summed E-state index contributed by atoms with van der Waals surface area (Å²) < 4.78 is 0. The summed E-state index contributed by atoms with van der Waals surface area (Å²) in [5.41, 5.74) is 0.388. The minimum Gasteiger partial charge on any atom is -0.348 e. The molecule has 2 aliphatic rings. The molecule has 8 heteroatoms. The number of benzene rings is 1. The molecule has 2 aromatic rings. The number of amides is 4. The molecule has 1 saturated heterocycles. The molecule has 0 saturated carbocycles. The highest BCUT2D eigenvalue weighted by atomic mass is 32.1. The number of fused-ring (bicyclic) bond motifs is 1. The Bertz CT molecular complexity index is 1050. The van der Waals surface area contributed by atoms with E-state index in [0.29, 0.717) is 41.9 Å². The summed E-state index contributed by atoms with van der Waals surface area (Å²) in [5, 5.41) is 4.90. The lowest BCUT2D eigenvalue weighted by atomic mass is 10.0. The number of rotatable bonds is 3. The van der Waals surface area contributed by atoms with E-state index >= 15 is 0 Å². The fourth-order valence-electron chi connectivity index (χ4n) is 4.06. The van der Waals surface area contributed by atoms with Gasteiger partial charge >= 0.3 is 0 Å². The van der Waals surface area contributed by atoms with E-state index in [9.17, 15) is 19.2 Å². The maximum absolute atomic E-state index is 13.0. The van der Waals surface area contributed by atoms with Crippen LogP contribution in [0.25, 0.3) is 0 Å². The molecule has 4 rings (SSSR count). The first-order valence-corrected chi connectivity index (χ1v) is 11.2. The third kappa shape index (κ3) is 3.99. The number of hydrogen-bond donors (Lipinski definition) is 1. The molecule has 31 heavy (non-hydrogen) atoms. The molecule has 4 amide bonds. The first-order valence-electron chi connectivity index (χ1n) is 10.3. The van der Waals surface area contributed by atoms with Crippen molar-refractivity contribution < 1.29 is 19.2 Å². The van der Waals surface area contributed by atoms with Gasteiger partial charge in [0.1, 0.15) is 0 Å². The van der Waals surface area contributed by atoms with Crippen LogP contribution < -0.4 is 5.32 Å². The van der Waals surface area contributed by atoms with Crippen LogP contribution in [0.2, 0.25) is 0 Å². The van der Waals surface area contributed by atoms with Gasteiger partial charge in [0.25, 0.3) is 23.6 Å². The number of piperidine rings is 1. The average molecular weight is 440 g/mol. The van der Waals surface area contributed by atoms with Crippen LogP contribution in [-0.2, 0) is 0 Å². The van der Waals surface area contributed by atoms with Gasteiger partial charge in [-0.3, -0.25) is 24.1 Å². The lowest BCUT2D eigenvalue weighted by molar-refractivity contribution is 0.0507. The Hall–Kier alpha value is -3.00. The second kappa shape index (κ2) is 7.92. The third-order valence-electron chi connectivity index (χ3n) is 5.67. The van der Waals surface area contributed by atoms with Crippen molar-refractivity contribution >= 4 is 35.0 Å². The highest BCUT2D eigenvalue weighted by Crippen LogP contribution is 2.30. The molecule has 0 atom stereocenters. The van der Waals surface area contributed by atoms with E-state index in [1.54, 1.807) is 23.1 Å². The van der Waals surface area contributed by atoms with Gasteiger partial charge < -0.3 is 10.2 Å². The molecule has 1 fully saturated rings. The van der Waals surface area contributed by atoms with Crippen LogP contribution in [0.3, 0.4) is 0 Å². The van der Waals surface area contributed by atoms with Crippen molar-refractivity contribution in [3.63, 3.8) is 0 Å². The summed E-state index contributed by atoms with van der Waals surface area (Å²) in [5.74, 6) is -0.934. The molecular formula is C23H25N3O4S. The van der Waals surface area contributed by atoms with Crippen LogP contribution in [0.4, 0.5) is 0 Å². The lowest BCUT2D eigenvalue weighted by Crippen LogP contribution is -2.46. The lowest BCUT2D eigenvalue weighted by Gasteiger charge is -2.32. The van der Waals surface area contributed by atoms with E-state index < -0.39 is 5.54 Å². The van der Waals surface area contributed by atoms with Crippen molar-refractivity contribution in [3.05, 3.63) is 57.3 Å². The smallest absolute Gasteiger partial charge is 0.262 e. The standard InChI is InChI=1S/C23H25N3O4S/c1-23(2,3)26-21(29)16-7-6-14(13-17(16)22(26)30)20(28)25-10-8-15(9-11-25)24-19(27)18-5-4-12-31-18/h4-7,12-13,15H,8-11H2,1-3H3,(H,24,27). The Morgan fingerprint density at radius 2 is 1.71 bits per heavy atom. The van der Waals surface area contributed by atoms with Gasteiger partial charge in [0.2, 0.25) is 0 Å². The van der Waals surface area contributed by atoms with E-state index in [4.69, 9.17) is 0 Å². The zero-order valence-corrected chi connectivity index (χ0v) is 18.6. The summed E-state index contributed by atoms with van der Waals surface area (Å²) in [7, 11) is 0. The number of thiophene rings is 1. The second-order valence-corrected chi connectivity index (χ2v) is 9.84. The van der Waals surface area contributed by atoms with Crippen LogP contribution in [-0.4, -0.2) is 58.1 Å². The zero-order valence-electron chi connectivity index (χ0n) is 17.8. The van der Waals surface area contributed by atoms with E-state index in [1.165, 1.54) is 22.3 Å². The van der Waals surface area contributed by atoms with Gasteiger partial charge in [-0.2, -0.15) is 0 Å². The fourth-order valence-corrected chi connectivity index (χ4v) is 4.68.